The number of furan rings is 1. The number of rotatable bonds is 5. The Bertz CT molecular complexity index is 626. The van der Waals surface area contributed by atoms with Crippen LogP contribution in [0.3, 0.4) is 0 Å². The Kier molecular flexibility index (Phi) is 5.56. The molecule has 4 heteroatoms. The fourth-order valence-corrected chi connectivity index (χ4v) is 2.09. The predicted octanol–water partition coefficient (Wildman–Crippen LogP) is 2.75. The SMILES string of the molecule is CCN(Cc1ccco1)Cc1ccc(F)cc1C#CCN. The van der Waals surface area contributed by atoms with Crippen LogP contribution >= 0.6 is 0 Å². The Balaban J connectivity index is 2.16. The van der Waals surface area contributed by atoms with E-state index in [0.29, 0.717) is 18.7 Å². The maximum Gasteiger partial charge on any atom is 0.124 e. The highest BCUT2D eigenvalue weighted by Crippen LogP contribution is 2.15. The van der Waals surface area contributed by atoms with Crippen LogP contribution in [0.15, 0.2) is 41.0 Å². The van der Waals surface area contributed by atoms with Crippen molar-refractivity contribution in [1.29, 1.82) is 0 Å². The van der Waals surface area contributed by atoms with Gasteiger partial charge in [0.05, 0.1) is 19.4 Å². The predicted molar refractivity (Wildman–Crippen MR) is 80.8 cm³/mol. The molecule has 0 aliphatic rings. The highest BCUT2D eigenvalue weighted by atomic mass is 19.1. The van der Waals surface area contributed by atoms with Crippen molar-refractivity contribution < 1.29 is 8.81 Å². The second kappa shape index (κ2) is 7.63. The van der Waals surface area contributed by atoms with Gasteiger partial charge >= 0.3 is 0 Å². The average molecular weight is 286 g/mol. The van der Waals surface area contributed by atoms with Gasteiger partial charge in [0.25, 0.3) is 0 Å². The van der Waals surface area contributed by atoms with E-state index in [1.807, 2.05) is 12.1 Å². The minimum atomic E-state index is -0.283. The van der Waals surface area contributed by atoms with Crippen LogP contribution in [-0.4, -0.2) is 18.0 Å². The molecule has 0 saturated carbocycles. The summed E-state index contributed by atoms with van der Waals surface area (Å²) in [6, 6.07) is 8.52. The molecule has 0 saturated heterocycles. The number of benzene rings is 1. The Labute approximate surface area is 124 Å². The maximum absolute atomic E-state index is 13.4. The first-order valence-corrected chi connectivity index (χ1v) is 6.95. The van der Waals surface area contributed by atoms with Crippen molar-refractivity contribution in [3.63, 3.8) is 0 Å². The maximum atomic E-state index is 13.4. The third kappa shape index (κ3) is 4.45. The Hall–Kier alpha value is -2.09. The molecule has 0 amide bonds. The van der Waals surface area contributed by atoms with Crippen molar-refractivity contribution in [2.75, 3.05) is 13.1 Å². The van der Waals surface area contributed by atoms with Gasteiger partial charge in [-0.05, 0) is 36.4 Å². The van der Waals surface area contributed by atoms with Crippen LogP contribution in [0.2, 0.25) is 0 Å². The van der Waals surface area contributed by atoms with Crippen LogP contribution in [0, 0.1) is 17.7 Å². The molecule has 0 aliphatic heterocycles. The molecule has 0 spiro atoms. The number of halogens is 1. The summed E-state index contributed by atoms with van der Waals surface area (Å²) in [6.07, 6.45) is 1.67. The zero-order valence-electron chi connectivity index (χ0n) is 12.1. The first-order chi connectivity index (χ1) is 10.2. The third-order valence-corrected chi connectivity index (χ3v) is 3.20. The molecule has 21 heavy (non-hydrogen) atoms. The lowest BCUT2D eigenvalue weighted by molar-refractivity contribution is 0.247. The fourth-order valence-electron chi connectivity index (χ4n) is 2.09. The van der Waals surface area contributed by atoms with E-state index in [1.54, 1.807) is 12.3 Å². The molecule has 0 unspecified atom stereocenters. The van der Waals surface area contributed by atoms with Crippen molar-refractivity contribution in [2.45, 2.75) is 20.0 Å². The molecule has 0 aliphatic carbocycles. The highest BCUT2D eigenvalue weighted by molar-refractivity contribution is 5.41. The van der Waals surface area contributed by atoms with Gasteiger partial charge < -0.3 is 10.2 Å². The van der Waals surface area contributed by atoms with Gasteiger partial charge in [-0.3, -0.25) is 4.90 Å². The molecule has 1 heterocycles. The second-order valence-electron chi connectivity index (χ2n) is 4.69. The van der Waals surface area contributed by atoms with E-state index < -0.39 is 0 Å². The van der Waals surface area contributed by atoms with Gasteiger partial charge in [-0.15, -0.1) is 0 Å². The molecule has 2 aromatic rings. The summed E-state index contributed by atoms with van der Waals surface area (Å²) in [5.74, 6) is 6.35. The fraction of sp³-hybridized carbons (Fsp3) is 0.294. The van der Waals surface area contributed by atoms with E-state index in [9.17, 15) is 4.39 Å². The molecular formula is C17H19FN2O. The van der Waals surface area contributed by atoms with Crippen molar-refractivity contribution >= 4 is 0 Å². The lowest BCUT2D eigenvalue weighted by Crippen LogP contribution is -2.22. The summed E-state index contributed by atoms with van der Waals surface area (Å²) >= 11 is 0. The van der Waals surface area contributed by atoms with E-state index >= 15 is 0 Å². The van der Waals surface area contributed by atoms with E-state index in [-0.39, 0.29) is 12.4 Å². The van der Waals surface area contributed by atoms with Gasteiger partial charge in [0.1, 0.15) is 11.6 Å². The summed E-state index contributed by atoms with van der Waals surface area (Å²) < 4.78 is 18.7. The topological polar surface area (TPSA) is 42.4 Å². The summed E-state index contributed by atoms with van der Waals surface area (Å²) in [5, 5.41) is 0. The standard InChI is InChI=1S/C17H19FN2O/c1-2-20(13-17-6-4-10-21-17)12-15-7-8-16(18)11-14(15)5-3-9-19/h4,6-8,10-11H,2,9,12-13,19H2,1H3. The normalized spacial score (nSPS) is 10.5. The molecular weight excluding hydrogens is 267 g/mol. The molecule has 2 rings (SSSR count). The number of hydrogen-bond acceptors (Lipinski definition) is 3. The lowest BCUT2D eigenvalue weighted by Gasteiger charge is -2.20. The molecule has 0 bridgehead atoms. The van der Waals surface area contributed by atoms with Gasteiger partial charge in [-0.25, -0.2) is 4.39 Å². The second-order valence-corrected chi connectivity index (χ2v) is 4.69. The molecule has 3 nitrogen and oxygen atoms in total. The van der Waals surface area contributed by atoms with Gasteiger partial charge in [-0.1, -0.05) is 24.8 Å². The van der Waals surface area contributed by atoms with E-state index in [0.717, 1.165) is 17.9 Å². The van der Waals surface area contributed by atoms with Crippen molar-refractivity contribution in [3.8, 4) is 11.8 Å². The highest BCUT2D eigenvalue weighted by Gasteiger charge is 2.10. The van der Waals surface area contributed by atoms with Crippen molar-refractivity contribution in [1.82, 2.24) is 4.90 Å². The molecule has 0 atom stereocenters. The molecule has 1 aromatic heterocycles. The molecule has 2 N–H and O–H groups in total. The van der Waals surface area contributed by atoms with Crippen molar-refractivity contribution in [3.05, 3.63) is 59.3 Å². The summed E-state index contributed by atoms with van der Waals surface area (Å²) in [4.78, 5) is 2.21. The minimum absolute atomic E-state index is 0.264. The number of hydrogen-bond donors (Lipinski definition) is 1. The van der Waals surface area contributed by atoms with Crippen LogP contribution in [0.4, 0.5) is 4.39 Å². The quantitative estimate of drug-likeness (QED) is 0.859. The summed E-state index contributed by atoms with van der Waals surface area (Å²) in [5.41, 5.74) is 7.08. The monoisotopic (exact) mass is 286 g/mol. The van der Waals surface area contributed by atoms with Gasteiger partial charge in [-0.2, -0.15) is 0 Å². The van der Waals surface area contributed by atoms with Crippen LogP contribution < -0.4 is 5.73 Å². The molecule has 0 fully saturated rings. The van der Waals surface area contributed by atoms with Gasteiger partial charge in [0.2, 0.25) is 0 Å². The third-order valence-electron chi connectivity index (χ3n) is 3.20. The Morgan fingerprint density at radius 2 is 2.14 bits per heavy atom. The summed E-state index contributed by atoms with van der Waals surface area (Å²) in [6.45, 7) is 4.61. The molecule has 0 radical (unpaired) electrons. The Morgan fingerprint density at radius 3 is 2.81 bits per heavy atom. The van der Waals surface area contributed by atoms with Gasteiger partial charge in [0.15, 0.2) is 0 Å². The van der Waals surface area contributed by atoms with E-state index in [4.69, 9.17) is 10.2 Å². The zero-order valence-corrected chi connectivity index (χ0v) is 12.1. The van der Waals surface area contributed by atoms with Crippen LogP contribution in [0.1, 0.15) is 23.8 Å². The van der Waals surface area contributed by atoms with Crippen LogP contribution in [0.5, 0.6) is 0 Å². The molecule has 110 valence electrons. The van der Waals surface area contributed by atoms with E-state index in [1.165, 1.54) is 12.1 Å². The van der Waals surface area contributed by atoms with Crippen LogP contribution in [-0.2, 0) is 13.1 Å². The van der Waals surface area contributed by atoms with Gasteiger partial charge in [0, 0.05) is 12.1 Å². The molecule has 1 aromatic carbocycles. The Morgan fingerprint density at radius 1 is 1.29 bits per heavy atom. The smallest absolute Gasteiger partial charge is 0.124 e. The average Bonchev–Trinajstić information content (AvgIpc) is 2.99. The van der Waals surface area contributed by atoms with Crippen molar-refractivity contribution in [2.24, 2.45) is 5.73 Å². The first kappa shape index (κ1) is 15.3. The number of nitrogens with two attached hydrogens (primary N) is 1. The number of nitrogens with zero attached hydrogens (tertiary/aromatic N) is 1. The zero-order chi connectivity index (χ0) is 15.1. The van der Waals surface area contributed by atoms with E-state index in [2.05, 4.69) is 23.7 Å². The summed E-state index contributed by atoms with van der Waals surface area (Å²) in [7, 11) is 0. The minimum Gasteiger partial charge on any atom is -0.468 e. The van der Waals surface area contributed by atoms with Crippen LogP contribution in [0.25, 0.3) is 0 Å². The lowest BCUT2D eigenvalue weighted by atomic mass is 10.1. The largest absolute Gasteiger partial charge is 0.468 e. The first-order valence-electron chi connectivity index (χ1n) is 6.95.